The first kappa shape index (κ1) is 14.1. The molecule has 19 heavy (non-hydrogen) atoms. The highest BCUT2D eigenvalue weighted by Gasteiger charge is 2.35. The van der Waals surface area contributed by atoms with Crippen molar-refractivity contribution < 1.29 is 4.79 Å². The molecule has 2 N–H and O–H groups in total. The molecule has 0 heterocycles. The summed E-state index contributed by atoms with van der Waals surface area (Å²) in [7, 11) is 0. The number of rotatable bonds is 6. The average Bonchev–Trinajstić information content (AvgIpc) is 3.24. The third-order valence-corrected chi connectivity index (χ3v) is 3.98. The monoisotopic (exact) mass is 260 g/mol. The molecule has 1 unspecified atom stereocenters. The van der Waals surface area contributed by atoms with E-state index in [2.05, 4.69) is 19.9 Å². The van der Waals surface area contributed by atoms with Crippen molar-refractivity contribution in [3.63, 3.8) is 0 Å². The summed E-state index contributed by atoms with van der Waals surface area (Å²) in [5, 5.41) is 0. The van der Waals surface area contributed by atoms with Gasteiger partial charge in [0.2, 0.25) is 5.91 Å². The Hall–Kier alpha value is -1.35. The van der Waals surface area contributed by atoms with Gasteiger partial charge in [-0.2, -0.15) is 0 Å². The van der Waals surface area contributed by atoms with Crippen LogP contribution in [0.4, 0.5) is 5.69 Å². The second-order valence-electron chi connectivity index (χ2n) is 5.54. The van der Waals surface area contributed by atoms with Gasteiger partial charge in [0.25, 0.3) is 0 Å². The molecule has 2 rings (SSSR count). The van der Waals surface area contributed by atoms with Gasteiger partial charge in [0, 0.05) is 18.2 Å². The van der Waals surface area contributed by atoms with Crippen molar-refractivity contribution in [2.75, 3.05) is 18.0 Å². The number of aryl methyl sites for hydroxylation is 1. The number of benzene rings is 1. The van der Waals surface area contributed by atoms with Crippen molar-refractivity contribution in [2.24, 2.45) is 17.6 Å². The molecule has 0 radical (unpaired) electrons. The molecule has 0 aliphatic heterocycles. The number of carbonyl (C=O) groups excluding carboxylic acids is 1. The van der Waals surface area contributed by atoms with Gasteiger partial charge in [-0.1, -0.05) is 25.1 Å². The van der Waals surface area contributed by atoms with Crippen molar-refractivity contribution in [3.05, 3.63) is 29.8 Å². The summed E-state index contributed by atoms with van der Waals surface area (Å²) in [5.74, 6) is 0.986. The van der Waals surface area contributed by atoms with E-state index < -0.39 is 0 Å². The fraction of sp³-hybridized carbons (Fsp3) is 0.562. The Morgan fingerprint density at radius 2 is 2.11 bits per heavy atom. The number of anilines is 1. The zero-order valence-corrected chi connectivity index (χ0v) is 11.9. The molecule has 1 aliphatic carbocycles. The Bertz CT molecular complexity index is 440. The van der Waals surface area contributed by atoms with Crippen molar-refractivity contribution in [1.82, 2.24) is 0 Å². The lowest BCUT2D eigenvalue weighted by atomic mass is 10.0. The third kappa shape index (κ3) is 3.35. The van der Waals surface area contributed by atoms with E-state index in [0.717, 1.165) is 24.2 Å². The molecule has 0 spiro atoms. The van der Waals surface area contributed by atoms with Gasteiger partial charge in [0.15, 0.2) is 0 Å². The zero-order valence-electron chi connectivity index (χ0n) is 11.9. The van der Waals surface area contributed by atoms with Gasteiger partial charge in [-0.25, -0.2) is 0 Å². The van der Waals surface area contributed by atoms with Crippen molar-refractivity contribution >= 4 is 11.6 Å². The quantitative estimate of drug-likeness (QED) is 0.855. The van der Waals surface area contributed by atoms with E-state index >= 15 is 0 Å². The Balaban J connectivity index is 2.19. The molecular formula is C16H24N2O. The molecule has 1 fully saturated rings. The van der Waals surface area contributed by atoms with Gasteiger partial charge in [0.1, 0.15) is 0 Å². The van der Waals surface area contributed by atoms with Crippen LogP contribution in [0.1, 0.15) is 31.7 Å². The van der Waals surface area contributed by atoms with Gasteiger partial charge in [-0.05, 0) is 50.3 Å². The van der Waals surface area contributed by atoms with E-state index in [-0.39, 0.29) is 11.8 Å². The number of para-hydroxylation sites is 1. The van der Waals surface area contributed by atoms with Crippen molar-refractivity contribution in [3.8, 4) is 0 Å². The van der Waals surface area contributed by atoms with Crippen LogP contribution in [0.25, 0.3) is 0 Å². The fourth-order valence-electron chi connectivity index (χ4n) is 2.51. The average molecular weight is 260 g/mol. The third-order valence-electron chi connectivity index (χ3n) is 3.98. The first-order chi connectivity index (χ1) is 9.15. The van der Waals surface area contributed by atoms with Crippen LogP contribution >= 0.6 is 0 Å². The Morgan fingerprint density at radius 3 is 2.68 bits per heavy atom. The van der Waals surface area contributed by atoms with E-state index in [4.69, 9.17) is 5.73 Å². The number of nitrogens with two attached hydrogens (primary N) is 1. The van der Waals surface area contributed by atoms with Gasteiger partial charge < -0.3 is 10.6 Å². The number of hydrogen-bond acceptors (Lipinski definition) is 2. The molecule has 3 nitrogen and oxygen atoms in total. The first-order valence-corrected chi connectivity index (χ1v) is 7.22. The van der Waals surface area contributed by atoms with Crippen LogP contribution in [0.2, 0.25) is 0 Å². The van der Waals surface area contributed by atoms with Crippen LogP contribution in [0.5, 0.6) is 0 Å². The fourth-order valence-corrected chi connectivity index (χ4v) is 2.51. The van der Waals surface area contributed by atoms with Gasteiger partial charge in [0.05, 0.1) is 0 Å². The highest BCUT2D eigenvalue weighted by molar-refractivity contribution is 5.95. The molecule has 1 aliphatic rings. The minimum absolute atomic E-state index is 0.136. The maximum absolute atomic E-state index is 12.7. The molecule has 1 saturated carbocycles. The number of carbonyl (C=O) groups is 1. The second kappa shape index (κ2) is 6.20. The molecular weight excluding hydrogens is 236 g/mol. The maximum atomic E-state index is 12.7. The van der Waals surface area contributed by atoms with Crippen LogP contribution in [-0.4, -0.2) is 19.0 Å². The van der Waals surface area contributed by atoms with E-state index in [1.54, 1.807) is 0 Å². The van der Waals surface area contributed by atoms with E-state index in [9.17, 15) is 4.79 Å². The summed E-state index contributed by atoms with van der Waals surface area (Å²) in [6.45, 7) is 5.46. The predicted molar refractivity (Wildman–Crippen MR) is 79.1 cm³/mol. The van der Waals surface area contributed by atoms with Crippen LogP contribution in [0.15, 0.2) is 24.3 Å². The first-order valence-electron chi connectivity index (χ1n) is 7.22. The van der Waals surface area contributed by atoms with Gasteiger partial charge in [-0.15, -0.1) is 0 Å². The summed E-state index contributed by atoms with van der Waals surface area (Å²) in [6, 6.07) is 8.09. The maximum Gasteiger partial charge on any atom is 0.230 e. The highest BCUT2D eigenvalue weighted by atomic mass is 16.2. The molecule has 1 aromatic rings. The zero-order chi connectivity index (χ0) is 13.8. The SMILES string of the molecule is Cc1ccccc1N(CCCN)C(=O)C(C)C1CC1. The summed E-state index contributed by atoms with van der Waals surface area (Å²) >= 11 is 0. The summed E-state index contributed by atoms with van der Waals surface area (Å²) in [4.78, 5) is 14.6. The van der Waals surface area contributed by atoms with Gasteiger partial charge in [-0.3, -0.25) is 4.79 Å². The van der Waals surface area contributed by atoms with E-state index in [1.807, 2.05) is 23.1 Å². The molecule has 0 saturated heterocycles. The normalized spacial score (nSPS) is 16.2. The lowest BCUT2D eigenvalue weighted by molar-refractivity contribution is -0.122. The Labute approximate surface area is 115 Å². The molecule has 1 atom stereocenters. The Kier molecular flexibility index (Phi) is 4.59. The van der Waals surface area contributed by atoms with E-state index in [0.29, 0.717) is 12.5 Å². The van der Waals surface area contributed by atoms with Crippen LogP contribution in [0, 0.1) is 18.8 Å². The molecule has 0 aromatic heterocycles. The molecule has 3 heteroatoms. The summed E-state index contributed by atoms with van der Waals surface area (Å²) in [5.41, 5.74) is 7.79. The van der Waals surface area contributed by atoms with Gasteiger partial charge >= 0.3 is 0 Å². The lowest BCUT2D eigenvalue weighted by Crippen LogP contribution is -2.38. The van der Waals surface area contributed by atoms with Crippen LogP contribution in [-0.2, 0) is 4.79 Å². The predicted octanol–water partition coefficient (Wildman–Crippen LogP) is 2.72. The molecule has 104 valence electrons. The largest absolute Gasteiger partial charge is 0.330 e. The number of amides is 1. The van der Waals surface area contributed by atoms with E-state index in [1.165, 1.54) is 12.8 Å². The standard InChI is InChI=1S/C16H24N2O/c1-12-6-3-4-7-15(12)18(11-5-10-17)16(19)13(2)14-8-9-14/h3-4,6-7,13-14H,5,8-11,17H2,1-2H3. The number of hydrogen-bond donors (Lipinski definition) is 1. The number of nitrogens with zero attached hydrogens (tertiary/aromatic N) is 1. The molecule has 0 bridgehead atoms. The molecule has 1 aromatic carbocycles. The summed E-state index contributed by atoms with van der Waals surface area (Å²) < 4.78 is 0. The van der Waals surface area contributed by atoms with Crippen LogP contribution < -0.4 is 10.6 Å². The molecule has 1 amide bonds. The summed E-state index contributed by atoms with van der Waals surface area (Å²) in [6.07, 6.45) is 3.24. The minimum Gasteiger partial charge on any atom is -0.330 e. The van der Waals surface area contributed by atoms with Crippen LogP contribution in [0.3, 0.4) is 0 Å². The van der Waals surface area contributed by atoms with Crippen molar-refractivity contribution in [1.29, 1.82) is 0 Å². The highest BCUT2D eigenvalue weighted by Crippen LogP contribution is 2.38. The Morgan fingerprint density at radius 1 is 1.42 bits per heavy atom. The lowest BCUT2D eigenvalue weighted by Gasteiger charge is -2.27. The minimum atomic E-state index is 0.136. The van der Waals surface area contributed by atoms with Crippen molar-refractivity contribution in [2.45, 2.75) is 33.1 Å². The smallest absolute Gasteiger partial charge is 0.230 e. The topological polar surface area (TPSA) is 46.3 Å². The second-order valence-corrected chi connectivity index (χ2v) is 5.54.